The number of carbonyl (C=O) groups excluding carboxylic acids is 1. The highest BCUT2D eigenvalue weighted by atomic mass is 16.3. The molecular weight excluding hydrogens is 302 g/mol. The first kappa shape index (κ1) is 14.8. The maximum Gasteiger partial charge on any atom is 0.227 e. The summed E-state index contributed by atoms with van der Waals surface area (Å²) in [6, 6.07) is 16.1. The van der Waals surface area contributed by atoms with E-state index >= 15 is 0 Å². The van der Waals surface area contributed by atoms with Gasteiger partial charge in [-0.2, -0.15) is 0 Å². The van der Waals surface area contributed by atoms with Gasteiger partial charge in [-0.25, -0.2) is 4.98 Å². The fourth-order valence-electron chi connectivity index (χ4n) is 3.15. The Kier molecular flexibility index (Phi) is 3.91. The van der Waals surface area contributed by atoms with E-state index in [1.165, 1.54) is 12.1 Å². The Labute approximate surface area is 140 Å². The second-order valence-electron chi connectivity index (χ2n) is 6.03. The minimum Gasteiger partial charge on any atom is -0.443 e. The number of hydrogen-bond acceptors (Lipinski definition) is 4. The Morgan fingerprint density at radius 3 is 2.62 bits per heavy atom. The zero-order chi connectivity index (χ0) is 16.4. The van der Waals surface area contributed by atoms with Gasteiger partial charge in [-0.05, 0) is 29.8 Å². The highest BCUT2D eigenvalue weighted by Crippen LogP contribution is 2.18. The second kappa shape index (κ2) is 6.35. The van der Waals surface area contributed by atoms with Gasteiger partial charge in [0.25, 0.3) is 0 Å². The van der Waals surface area contributed by atoms with Crippen molar-refractivity contribution in [2.75, 3.05) is 31.1 Å². The Morgan fingerprint density at radius 2 is 1.83 bits per heavy atom. The summed E-state index contributed by atoms with van der Waals surface area (Å²) in [6.07, 6.45) is 1.83. The van der Waals surface area contributed by atoms with Crippen LogP contribution in [-0.2, 0) is 11.2 Å². The van der Waals surface area contributed by atoms with E-state index in [1.807, 2.05) is 41.3 Å². The molecule has 1 saturated heterocycles. The third kappa shape index (κ3) is 2.97. The van der Waals surface area contributed by atoms with Crippen molar-refractivity contribution in [2.24, 2.45) is 0 Å². The number of nitrogens with zero attached hydrogens (tertiary/aromatic N) is 3. The zero-order valence-corrected chi connectivity index (χ0v) is 13.4. The maximum absolute atomic E-state index is 12.5. The zero-order valence-electron chi connectivity index (χ0n) is 13.4. The van der Waals surface area contributed by atoms with Crippen LogP contribution in [0, 0.1) is 0 Å². The van der Waals surface area contributed by atoms with E-state index in [-0.39, 0.29) is 5.91 Å². The summed E-state index contributed by atoms with van der Waals surface area (Å²) in [7, 11) is 0. The van der Waals surface area contributed by atoms with E-state index in [0.29, 0.717) is 6.42 Å². The summed E-state index contributed by atoms with van der Waals surface area (Å²) in [5, 5.41) is 0. The van der Waals surface area contributed by atoms with Crippen molar-refractivity contribution in [3.8, 4) is 0 Å². The van der Waals surface area contributed by atoms with Gasteiger partial charge in [-0.15, -0.1) is 0 Å². The number of piperazine rings is 1. The minimum absolute atomic E-state index is 0.168. The van der Waals surface area contributed by atoms with Gasteiger partial charge < -0.3 is 14.2 Å². The topological polar surface area (TPSA) is 49.6 Å². The van der Waals surface area contributed by atoms with Crippen LogP contribution in [-0.4, -0.2) is 42.0 Å². The summed E-state index contributed by atoms with van der Waals surface area (Å²) in [4.78, 5) is 20.9. The van der Waals surface area contributed by atoms with Crippen LogP contribution in [0.4, 0.5) is 5.69 Å². The Hall–Kier alpha value is -2.82. The third-order valence-corrected chi connectivity index (χ3v) is 4.50. The number of benzene rings is 2. The summed E-state index contributed by atoms with van der Waals surface area (Å²) in [5.74, 6) is 0.168. The molecule has 0 saturated carbocycles. The molecule has 4 rings (SSSR count). The molecule has 1 aliphatic rings. The molecule has 0 radical (unpaired) electrons. The second-order valence-corrected chi connectivity index (χ2v) is 6.03. The first-order chi connectivity index (χ1) is 11.8. The number of anilines is 1. The highest BCUT2D eigenvalue weighted by Gasteiger charge is 2.21. The lowest BCUT2D eigenvalue weighted by molar-refractivity contribution is -0.130. The third-order valence-electron chi connectivity index (χ3n) is 4.50. The van der Waals surface area contributed by atoms with E-state index in [2.05, 4.69) is 22.0 Å². The maximum atomic E-state index is 12.5. The molecular formula is C19H19N3O2. The van der Waals surface area contributed by atoms with Gasteiger partial charge in [0.2, 0.25) is 5.91 Å². The van der Waals surface area contributed by atoms with Crippen molar-refractivity contribution in [2.45, 2.75) is 6.42 Å². The number of amides is 1. The molecule has 2 heterocycles. The smallest absolute Gasteiger partial charge is 0.227 e. The van der Waals surface area contributed by atoms with Crippen molar-refractivity contribution in [3.63, 3.8) is 0 Å². The number of para-hydroxylation sites is 1. The molecule has 1 aromatic heterocycles. The van der Waals surface area contributed by atoms with Gasteiger partial charge >= 0.3 is 0 Å². The molecule has 3 aromatic rings. The fraction of sp³-hybridized carbons (Fsp3) is 0.263. The van der Waals surface area contributed by atoms with Crippen LogP contribution in [0.3, 0.4) is 0 Å². The van der Waals surface area contributed by atoms with Crippen LogP contribution >= 0.6 is 0 Å². The van der Waals surface area contributed by atoms with Crippen molar-refractivity contribution < 1.29 is 9.21 Å². The van der Waals surface area contributed by atoms with Crippen molar-refractivity contribution in [1.29, 1.82) is 0 Å². The average molecular weight is 321 g/mol. The molecule has 0 spiro atoms. The molecule has 1 amide bonds. The first-order valence-corrected chi connectivity index (χ1v) is 8.19. The molecule has 0 N–H and O–H groups in total. The Morgan fingerprint density at radius 1 is 1.04 bits per heavy atom. The number of aromatic nitrogens is 1. The molecule has 0 bridgehead atoms. The van der Waals surface area contributed by atoms with Gasteiger partial charge in [-0.1, -0.05) is 24.3 Å². The molecule has 122 valence electrons. The largest absolute Gasteiger partial charge is 0.443 e. The molecule has 1 aliphatic heterocycles. The van der Waals surface area contributed by atoms with Gasteiger partial charge in [0, 0.05) is 31.9 Å². The highest BCUT2D eigenvalue weighted by molar-refractivity contribution is 5.81. The van der Waals surface area contributed by atoms with Crippen LogP contribution in [0.15, 0.2) is 59.3 Å². The van der Waals surface area contributed by atoms with Crippen LogP contribution < -0.4 is 4.90 Å². The number of carbonyl (C=O) groups is 1. The van der Waals surface area contributed by atoms with Gasteiger partial charge in [0.15, 0.2) is 12.0 Å². The number of oxazole rings is 1. The van der Waals surface area contributed by atoms with Crippen molar-refractivity contribution >= 4 is 22.7 Å². The van der Waals surface area contributed by atoms with Crippen molar-refractivity contribution in [3.05, 3.63) is 60.5 Å². The quantitative estimate of drug-likeness (QED) is 0.744. The summed E-state index contributed by atoms with van der Waals surface area (Å²) >= 11 is 0. The molecule has 5 nitrogen and oxygen atoms in total. The molecule has 2 aromatic carbocycles. The van der Waals surface area contributed by atoms with E-state index in [1.54, 1.807) is 0 Å². The van der Waals surface area contributed by atoms with Crippen molar-refractivity contribution in [1.82, 2.24) is 9.88 Å². The Bertz CT molecular complexity index is 836. The van der Waals surface area contributed by atoms with Gasteiger partial charge in [-0.3, -0.25) is 4.79 Å². The van der Waals surface area contributed by atoms with Crippen LogP contribution in [0.2, 0.25) is 0 Å². The molecule has 5 heteroatoms. The first-order valence-electron chi connectivity index (χ1n) is 8.19. The van der Waals surface area contributed by atoms with E-state index in [4.69, 9.17) is 4.42 Å². The van der Waals surface area contributed by atoms with Crippen LogP contribution in [0.1, 0.15) is 5.56 Å². The fourth-order valence-corrected chi connectivity index (χ4v) is 3.15. The average Bonchev–Trinajstić information content (AvgIpc) is 3.10. The summed E-state index contributed by atoms with van der Waals surface area (Å²) < 4.78 is 5.31. The van der Waals surface area contributed by atoms with E-state index in [0.717, 1.165) is 42.8 Å². The normalized spacial score (nSPS) is 15.0. The lowest BCUT2D eigenvalue weighted by Crippen LogP contribution is -2.49. The standard InChI is InChI=1S/C19H19N3O2/c23-19(13-15-6-7-17-18(12-15)24-14-20-17)22-10-8-21(9-11-22)16-4-2-1-3-5-16/h1-7,12,14H,8-11,13H2. The van der Waals surface area contributed by atoms with E-state index < -0.39 is 0 Å². The summed E-state index contributed by atoms with van der Waals surface area (Å²) in [5.41, 5.74) is 3.74. The number of rotatable bonds is 3. The lowest BCUT2D eigenvalue weighted by atomic mass is 10.1. The van der Waals surface area contributed by atoms with Crippen LogP contribution in [0.25, 0.3) is 11.1 Å². The molecule has 0 atom stereocenters. The Balaban J connectivity index is 1.37. The van der Waals surface area contributed by atoms with E-state index in [9.17, 15) is 4.79 Å². The van der Waals surface area contributed by atoms with Gasteiger partial charge in [0.05, 0.1) is 6.42 Å². The summed E-state index contributed by atoms with van der Waals surface area (Å²) in [6.45, 7) is 3.27. The monoisotopic (exact) mass is 321 g/mol. The predicted molar refractivity (Wildman–Crippen MR) is 92.9 cm³/mol. The molecule has 1 fully saturated rings. The molecule has 24 heavy (non-hydrogen) atoms. The molecule has 0 unspecified atom stereocenters. The van der Waals surface area contributed by atoms with Gasteiger partial charge in [0.1, 0.15) is 5.52 Å². The van der Waals surface area contributed by atoms with Crippen LogP contribution in [0.5, 0.6) is 0 Å². The number of fused-ring (bicyclic) bond motifs is 1. The number of hydrogen-bond donors (Lipinski definition) is 0. The molecule has 0 aliphatic carbocycles. The minimum atomic E-state index is 0.168. The SMILES string of the molecule is O=C(Cc1ccc2ncoc2c1)N1CCN(c2ccccc2)CC1. The predicted octanol–water partition coefficient (Wildman–Crippen LogP) is 2.72. The lowest BCUT2D eigenvalue weighted by Gasteiger charge is -2.36.